The lowest BCUT2D eigenvalue weighted by Gasteiger charge is -2.25. The first-order valence-electron chi connectivity index (χ1n) is 6.29. The van der Waals surface area contributed by atoms with Crippen LogP contribution in [0.1, 0.15) is 31.1 Å². The molecule has 0 spiro atoms. The second kappa shape index (κ2) is 6.36. The van der Waals surface area contributed by atoms with E-state index < -0.39 is 23.2 Å². The van der Waals surface area contributed by atoms with Gasteiger partial charge >= 0.3 is 5.97 Å². The van der Waals surface area contributed by atoms with Crippen LogP contribution in [0.5, 0.6) is 0 Å². The van der Waals surface area contributed by atoms with Crippen LogP contribution in [0.4, 0.5) is 10.1 Å². The van der Waals surface area contributed by atoms with Crippen LogP contribution < -0.4 is 10.6 Å². The van der Waals surface area contributed by atoms with Gasteiger partial charge in [-0.15, -0.1) is 0 Å². The number of halogens is 1. The fraction of sp³-hybridized carbons (Fsp3) is 0.429. The number of amides is 1. The van der Waals surface area contributed by atoms with E-state index in [1.165, 1.54) is 25.2 Å². The Morgan fingerprint density at radius 2 is 2.00 bits per heavy atom. The second-order valence-corrected chi connectivity index (χ2v) is 4.74. The Bertz CT molecular complexity index is 515. The van der Waals surface area contributed by atoms with E-state index in [1.54, 1.807) is 20.8 Å². The summed E-state index contributed by atoms with van der Waals surface area (Å²) in [4.78, 5) is 23.1. The van der Waals surface area contributed by atoms with E-state index in [0.29, 0.717) is 5.69 Å². The van der Waals surface area contributed by atoms with Crippen molar-refractivity contribution in [2.24, 2.45) is 0 Å². The van der Waals surface area contributed by atoms with Crippen LogP contribution in [0, 0.1) is 5.82 Å². The third-order valence-corrected chi connectivity index (χ3v) is 2.68. The number of benzene rings is 1. The number of ether oxygens (including phenoxy) is 1. The van der Waals surface area contributed by atoms with Gasteiger partial charge in [-0.25, -0.2) is 9.18 Å². The number of esters is 1. The van der Waals surface area contributed by atoms with E-state index >= 15 is 0 Å². The molecule has 1 aromatic rings. The minimum Gasteiger partial charge on any atom is -0.464 e. The molecule has 0 radical (unpaired) electrons. The molecule has 110 valence electrons. The van der Waals surface area contributed by atoms with Gasteiger partial charge in [0.25, 0.3) is 5.91 Å². The summed E-state index contributed by atoms with van der Waals surface area (Å²) in [5.41, 5.74) is -0.642. The molecule has 1 rings (SSSR count). The van der Waals surface area contributed by atoms with Crippen LogP contribution in [-0.4, -0.2) is 31.1 Å². The van der Waals surface area contributed by atoms with Gasteiger partial charge in [0.05, 0.1) is 12.2 Å². The summed E-state index contributed by atoms with van der Waals surface area (Å²) in [5, 5.41) is 5.23. The van der Waals surface area contributed by atoms with Crippen molar-refractivity contribution in [3.05, 3.63) is 29.6 Å². The summed E-state index contributed by atoms with van der Waals surface area (Å²) in [6.45, 7) is 5.25. The van der Waals surface area contributed by atoms with Crippen LogP contribution in [0.15, 0.2) is 18.2 Å². The molecule has 0 aliphatic rings. The Morgan fingerprint density at radius 1 is 1.35 bits per heavy atom. The van der Waals surface area contributed by atoms with E-state index in [9.17, 15) is 14.0 Å². The molecule has 5 nitrogen and oxygen atoms in total. The van der Waals surface area contributed by atoms with E-state index in [4.69, 9.17) is 4.74 Å². The molecule has 0 fully saturated rings. The third-order valence-electron chi connectivity index (χ3n) is 2.68. The highest BCUT2D eigenvalue weighted by atomic mass is 19.1. The molecule has 20 heavy (non-hydrogen) atoms. The fourth-order valence-electron chi connectivity index (χ4n) is 1.64. The maximum atomic E-state index is 13.8. The van der Waals surface area contributed by atoms with Gasteiger partial charge < -0.3 is 15.4 Å². The molecule has 0 heterocycles. The minimum absolute atomic E-state index is 0.0491. The van der Waals surface area contributed by atoms with Gasteiger partial charge in [0.15, 0.2) is 0 Å². The summed E-state index contributed by atoms with van der Waals surface area (Å²) < 4.78 is 18.7. The molecule has 0 aliphatic heterocycles. The first-order valence-corrected chi connectivity index (χ1v) is 6.29. The Morgan fingerprint density at radius 3 is 2.50 bits per heavy atom. The number of nitrogens with one attached hydrogen (secondary N) is 2. The fourth-order valence-corrected chi connectivity index (χ4v) is 1.64. The van der Waals surface area contributed by atoms with Crippen LogP contribution in [0.25, 0.3) is 0 Å². The Kier molecular flexibility index (Phi) is 5.07. The lowest BCUT2D eigenvalue weighted by Crippen LogP contribution is -2.41. The molecule has 6 heteroatoms. The second-order valence-electron chi connectivity index (χ2n) is 4.74. The number of carbonyl (C=O) groups excluding carboxylic acids is 2. The lowest BCUT2D eigenvalue weighted by molar-refractivity contribution is -0.147. The maximum absolute atomic E-state index is 13.8. The predicted molar refractivity (Wildman–Crippen MR) is 74.1 cm³/mol. The van der Waals surface area contributed by atoms with Crippen molar-refractivity contribution in [1.82, 2.24) is 5.32 Å². The van der Waals surface area contributed by atoms with Crippen LogP contribution in [0.2, 0.25) is 0 Å². The maximum Gasteiger partial charge on any atom is 0.331 e. The predicted octanol–water partition coefficient (Wildman–Crippen LogP) is 1.94. The minimum atomic E-state index is -0.989. The molecule has 2 N–H and O–H groups in total. The number of carbonyl (C=O) groups is 2. The highest BCUT2D eigenvalue weighted by Gasteiger charge is 2.29. The van der Waals surface area contributed by atoms with Crippen molar-refractivity contribution < 1.29 is 18.7 Å². The van der Waals surface area contributed by atoms with Crippen LogP contribution >= 0.6 is 0 Å². The monoisotopic (exact) mass is 282 g/mol. The molecule has 1 aromatic carbocycles. The molecule has 1 amide bonds. The van der Waals surface area contributed by atoms with Crippen molar-refractivity contribution in [1.29, 1.82) is 0 Å². The molecule has 0 bridgehead atoms. The average molecular weight is 282 g/mol. The molecule has 0 aromatic heterocycles. The summed E-state index contributed by atoms with van der Waals surface area (Å²) >= 11 is 0. The summed E-state index contributed by atoms with van der Waals surface area (Å²) in [6, 6.07) is 4.07. The van der Waals surface area contributed by atoms with Crippen molar-refractivity contribution in [3.63, 3.8) is 0 Å². The molecular weight excluding hydrogens is 263 g/mol. The van der Waals surface area contributed by atoms with Gasteiger partial charge in [-0.3, -0.25) is 4.79 Å². The molecule has 0 unspecified atom stereocenters. The largest absolute Gasteiger partial charge is 0.464 e. The zero-order chi connectivity index (χ0) is 15.3. The van der Waals surface area contributed by atoms with Crippen molar-refractivity contribution in [2.45, 2.75) is 26.3 Å². The Balaban J connectivity index is 2.92. The molecule has 0 aliphatic carbocycles. The number of hydrogen-bond donors (Lipinski definition) is 2. The topological polar surface area (TPSA) is 67.4 Å². The molecule has 0 saturated carbocycles. The molecular formula is C14H19FN2O3. The summed E-state index contributed by atoms with van der Waals surface area (Å²) in [6.07, 6.45) is 0. The normalized spacial score (nSPS) is 10.8. The third kappa shape index (κ3) is 3.69. The highest BCUT2D eigenvalue weighted by Crippen LogP contribution is 2.19. The van der Waals surface area contributed by atoms with Crippen molar-refractivity contribution >= 4 is 17.6 Å². The smallest absolute Gasteiger partial charge is 0.331 e. The average Bonchev–Trinajstić information content (AvgIpc) is 2.38. The standard InChI is InChI=1S/C14H19FN2O3/c1-5-20-13(19)14(2,3)17-9-6-7-10(11(15)8-9)12(18)16-4/h6-8,17H,5H2,1-4H3,(H,16,18). The van der Waals surface area contributed by atoms with Gasteiger partial charge in [0.2, 0.25) is 0 Å². The highest BCUT2D eigenvalue weighted by molar-refractivity contribution is 5.94. The zero-order valence-corrected chi connectivity index (χ0v) is 12.0. The molecule has 0 saturated heterocycles. The number of rotatable bonds is 5. The Labute approximate surface area is 117 Å². The van der Waals surface area contributed by atoms with E-state index in [1.807, 2.05) is 0 Å². The van der Waals surface area contributed by atoms with E-state index in [2.05, 4.69) is 10.6 Å². The zero-order valence-electron chi connectivity index (χ0n) is 12.0. The lowest BCUT2D eigenvalue weighted by atomic mass is 10.0. The first kappa shape index (κ1) is 15.9. The van der Waals surface area contributed by atoms with Crippen molar-refractivity contribution in [3.8, 4) is 0 Å². The SMILES string of the molecule is CCOC(=O)C(C)(C)Nc1ccc(C(=O)NC)c(F)c1. The quantitative estimate of drug-likeness (QED) is 0.810. The van der Waals surface area contributed by atoms with Gasteiger partial charge in [-0.2, -0.15) is 0 Å². The Hall–Kier alpha value is -2.11. The number of hydrogen-bond acceptors (Lipinski definition) is 4. The summed E-state index contributed by atoms with van der Waals surface area (Å²) in [7, 11) is 1.43. The van der Waals surface area contributed by atoms with Crippen LogP contribution in [-0.2, 0) is 9.53 Å². The van der Waals surface area contributed by atoms with Crippen LogP contribution in [0.3, 0.4) is 0 Å². The van der Waals surface area contributed by atoms with Crippen molar-refractivity contribution in [2.75, 3.05) is 19.0 Å². The summed E-state index contributed by atoms with van der Waals surface area (Å²) in [5.74, 6) is -1.59. The van der Waals surface area contributed by atoms with Gasteiger partial charge in [0, 0.05) is 12.7 Å². The first-order chi connectivity index (χ1) is 9.31. The van der Waals surface area contributed by atoms with Gasteiger partial charge in [-0.1, -0.05) is 0 Å². The number of anilines is 1. The molecule has 0 atom stereocenters. The van der Waals surface area contributed by atoms with E-state index in [-0.39, 0.29) is 12.2 Å². The van der Waals surface area contributed by atoms with Gasteiger partial charge in [0.1, 0.15) is 11.4 Å². The van der Waals surface area contributed by atoms with Gasteiger partial charge in [-0.05, 0) is 39.0 Å². The van der Waals surface area contributed by atoms with E-state index in [0.717, 1.165) is 0 Å².